The number of rotatable bonds is 8. The van der Waals surface area contributed by atoms with Crippen LogP contribution >= 0.6 is 0 Å². The molecule has 8 nitrogen and oxygen atoms in total. The van der Waals surface area contributed by atoms with Gasteiger partial charge in [-0.3, -0.25) is 19.7 Å². The Labute approximate surface area is 185 Å². The number of nitro groups is 1. The summed E-state index contributed by atoms with van der Waals surface area (Å²) in [5, 5.41) is 17.5. The van der Waals surface area contributed by atoms with Crippen LogP contribution in [-0.4, -0.2) is 29.0 Å². The quantitative estimate of drug-likeness (QED) is 0.324. The SMILES string of the molecule is C/C(=N/NC(=O)CNC(=O)C(c1ccccc1)c1ccccc1)c1cccc([N+](=O)[O-])c1. The topological polar surface area (TPSA) is 114 Å². The van der Waals surface area contributed by atoms with Crippen molar-refractivity contribution >= 4 is 23.2 Å². The zero-order valence-corrected chi connectivity index (χ0v) is 17.4. The molecule has 0 unspecified atom stereocenters. The second kappa shape index (κ2) is 10.6. The van der Waals surface area contributed by atoms with Gasteiger partial charge in [0.25, 0.3) is 11.6 Å². The number of carbonyl (C=O) groups is 2. The minimum Gasteiger partial charge on any atom is -0.346 e. The number of nitrogens with zero attached hydrogens (tertiary/aromatic N) is 2. The minimum atomic E-state index is -0.555. The predicted octanol–water partition coefficient (Wildman–Crippen LogP) is 3.38. The number of carbonyl (C=O) groups excluding carboxylic acids is 2. The first-order valence-electron chi connectivity index (χ1n) is 9.91. The third-order valence-corrected chi connectivity index (χ3v) is 4.77. The average molecular weight is 430 g/mol. The molecule has 162 valence electrons. The van der Waals surface area contributed by atoms with Crippen LogP contribution in [-0.2, 0) is 9.59 Å². The van der Waals surface area contributed by atoms with E-state index in [0.717, 1.165) is 11.1 Å². The molecule has 0 fully saturated rings. The molecule has 2 N–H and O–H groups in total. The lowest BCUT2D eigenvalue weighted by atomic mass is 9.90. The van der Waals surface area contributed by atoms with Gasteiger partial charge in [-0.1, -0.05) is 72.8 Å². The number of hydrazone groups is 1. The maximum absolute atomic E-state index is 12.9. The highest BCUT2D eigenvalue weighted by Gasteiger charge is 2.22. The van der Waals surface area contributed by atoms with Crippen molar-refractivity contribution in [2.75, 3.05) is 6.54 Å². The molecular formula is C24H22N4O4. The van der Waals surface area contributed by atoms with Crippen LogP contribution in [0, 0.1) is 10.1 Å². The van der Waals surface area contributed by atoms with Gasteiger partial charge in [-0.15, -0.1) is 0 Å². The largest absolute Gasteiger partial charge is 0.346 e. The van der Waals surface area contributed by atoms with Crippen LogP contribution in [0.15, 0.2) is 90.0 Å². The number of non-ortho nitro benzene ring substituents is 1. The maximum Gasteiger partial charge on any atom is 0.270 e. The number of amides is 2. The Hall–Kier alpha value is -4.33. The highest BCUT2D eigenvalue weighted by molar-refractivity contribution is 6.00. The van der Waals surface area contributed by atoms with Gasteiger partial charge in [0, 0.05) is 17.7 Å². The number of benzene rings is 3. The second-order valence-corrected chi connectivity index (χ2v) is 7.01. The van der Waals surface area contributed by atoms with E-state index in [2.05, 4.69) is 15.8 Å². The van der Waals surface area contributed by atoms with Gasteiger partial charge in [0.05, 0.1) is 23.1 Å². The van der Waals surface area contributed by atoms with Gasteiger partial charge < -0.3 is 5.32 Å². The summed E-state index contributed by atoms with van der Waals surface area (Å²) in [6.45, 7) is 1.36. The molecule has 0 saturated carbocycles. The summed E-state index contributed by atoms with van der Waals surface area (Å²) >= 11 is 0. The van der Waals surface area contributed by atoms with Crippen molar-refractivity contribution in [2.45, 2.75) is 12.8 Å². The van der Waals surface area contributed by atoms with E-state index >= 15 is 0 Å². The molecule has 3 rings (SSSR count). The highest BCUT2D eigenvalue weighted by atomic mass is 16.6. The molecule has 32 heavy (non-hydrogen) atoms. The van der Waals surface area contributed by atoms with Crippen LogP contribution in [0.5, 0.6) is 0 Å². The molecule has 3 aromatic carbocycles. The molecule has 0 spiro atoms. The van der Waals surface area contributed by atoms with E-state index in [-0.39, 0.29) is 18.1 Å². The van der Waals surface area contributed by atoms with Gasteiger partial charge in [-0.2, -0.15) is 5.10 Å². The second-order valence-electron chi connectivity index (χ2n) is 7.01. The molecule has 8 heteroatoms. The van der Waals surface area contributed by atoms with E-state index in [0.29, 0.717) is 11.3 Å². The summed E-state index contributed by atoms with van der Waals surface area (Å²) in [4.78, 5) is 35.5. The molecule has 0 aliphatic rings. The third-order valence-electron chi connectivity index (χ3n) is 4.77. The van der Waals surface area contributed by atoms with Crippen LogP contribution in [0.2, 0.25) is 0 Å². The van der Waals surface area contributed by atoms with Crippen molar-refractivity contribution < 1.29 is 14.5 Å². The van der Waals surface area contributed by atoms with Crippen LogP contribution < -0.4 is 10.7 Å². The van der Waals surface area contributed by atoms with E-state index in [9.17, 15) is 19.7 Å². The number of nitrogens with one attached hydrogen (secondary N) is 2. The molecule has 0 saturated heterocycles. The Kier molecular flexibility index (Phi) is 7.42. The monoisotopic (exact) mass is 430 g/mol. The van der Waals surface area contributed by atoms with Crippen molar-refractivity contribution in [1.82, 2.24) is 10.7 Å². The fraction of sp³-hybridized carbons (Fsp3) is 0.125. The zero-order chi connectivity index (χ0) is 22.9. The molecule has 3 aromatic rings. The van der Waals surface area contributed by atoms with Gasteiger partial charge >= 0.3 is 0 Å². The van der Waals surface area contributed by atoms with Gasteiger partial charge in [0.2, 0.25) is 5.91 Å². The standard InChI is InChI=1S/C24H22N4O4/c1-17(20-13-8-14-21(15-20)28(31)32)26-27-22(29)16-25-24(30)23(18-9-4-2-5-10-18)19-11-6-3-7-12-19/h2-15,23H,16H2,1H3,(H,25,30)(H,27,29)/b26-17-. The van der Waals surface area contributed by atoms with Crippen molar-refractivity contribution in [1.29, 1.82) is 0 Å². The van der Waals surface area contributed by atoms with Crippen LogP contribution in [0.25, 0.3) is 0 Å². The molecule has 0 aliphatic heterocycles. The smallest absolute Gasteiger partial charge is 0.270 e. The summed E-state index contributed by atoms with van der Waals surface area (Å²) < 4.78 is 0. The molecule has 2 amide bonds. The van der Waals surface area contributed by atoms with Crippen LogP contribution in [0.3, 0.4) is 0 Å². The summed E-state index contributed by atoms with van der Waals surface area (Å²) in [5.41, 5.74) is 4.85. The highest BCUT2D eigenvalue weighted by Crippen LogP contribution is 2.24. The Morgan fingerprint density at radius 3 is 2.09 bits per heavy atom. The Balaban J connectivity index is 1.64. The van der Waals surface area contributed by atoms with Gasteiger partial charge in [-0.25, -0.2) is 5.43 Å². The van der Waals surface area contributed by atoms with Gasteiger partial charge in [0.1, 0.15) is 0 Å². The van der Waals surface area contributed by atoms with Gasteiger partial charge in [0.15, 0.2) is 0 Å². The zero-order valence-electron chi connectivity index (χ0n) is 17.4. The van der Waals surface area contributed by atoms with E-state index in [1.807, 2.05) is 60.7 Å². The van der Waals surface area contributed by atoms with E-state index in [1.54, 1.807) is 19.1 Å². The lowest BCUT2D eigenvalue weighted by Crippen LogP contribution is -2.38. The van der Waals surface area contributed by atoms with E-state index in [4.69, 9.17) is 0 Å². The molecule has 0 bridgehead atoms. The Morgan fingerprint density at radius 1 is 0.938 bits per heavy atom. The Bertz CT molecular complexity index is 1090. The molecule has 0 heterocycles. The van der Waals surface area contributed by atoms with Crippen LogP contribution in [0.1, 0.15) is 29.5 Å². The fourth-order valence-corrected chi connectivity index (χ4v) is 3.15. The fourth-order valence-electron chi connectivity index (χ4n) is 3.15. The number of nitro benzene ring substituents is 1. The number of hydrogen-bond acceptors (Lipinski definition) is 5. The lowest BCUT2D eigenvalue weighted by Gasteiger charge is -2.17. The summed E-state index contributed by atoms with van der Waals surface area (Å²) in [5.74, 6) is -1.37. The summed E-state index contributed by atoms with van der Waals surface area (Å²) in [6, 6.07) is 24.6. The molecule has 0 atom stereocenters. The van der Waals surface area contributed by atoms with Crippen molar-refractivity contribution in [2.24, 2.45) is 5.10 Å². The van der Waals surface area contributed by atoms with Gasteiger partial charge in [-0.05, 0) is 18.1 Å². The summed E-state index contributed by atoms with van der Waals surface area (Å²) in [6.07, 6.45) is 0. The normalized spacial score (nSPS) is 11.1. The first-order chi connectivity index (χ1) is 15.5. The predicted molar refractivity (Wildman–Crippen MR) is 121 cm³/mol. The number of hydrogen-bond donors (Lipinski definition) is 2. The molecule has 0 aromatic heterocycles. The van der Waals surface area contributed by atoms with Crippen LogP contribution in [0.4, 0.5) is 5.69 Å². The average Bonchev–Trinajstić information content (AvgIpc) is 2.82. The van der Waals surface area contributed by atoms with Crippen molar-refractivity contribution in [3.63, 3.8) is 0 Å². The lowest BCUT2D eigenvalue weighted by molar-refractivity contribution is -0.384. The summed E-state index contributed by atoms with van der Waals surface area (Å²) in [7, 11) is 0. The van der Waals surface area contributed by atoms with E-state index < -0.39 is 16.7 Å². The third kappa shape index (κ3) is 5.85. The first kappa shape index (κ1) is 22.4. The molecule has 0 radical (unpaired) electrons. The Morgan fingerprint density at radius 2 is 1.53 bits per heavy atom. The molecular weight excluding hydrogens is 408 g/mol. The minimum absolute atomic E-state index is 0.0662. The van der Waals surface area contributed by atoms with Crippen molar-refractivity contribution in [3.8, 4) is 0 Å². The first-order valence-corrected chi connectivity index (χ1v) is 9.91. The maximum atomic E-state index is 12.9. The van der Waals surface area contributed by atoms with Crippen molar-refractivity contribution in [3.05, 3.63) is 112 Å². The molecule has 0 aliphatic carbocycles. The van der Waals surface area contributed by atoms with E-state index in [1.165, 1.54) is 12.1 Å².